The molecule has 0 radical (unpaired) electrons. The Morgan fingerprint density at radius 2 is 1.70 bits per heavy atom. The molecular formula is C13H5F5N4O. The van der Waals surface area contributed by atoms with Crippen LogP contribution in [-0.2, 0) is 6.18 Å². The molecule has 23 heavy (non-hydrogen) atoms. The summed E-state index contributed by atoms with van der Waals surface area (Å²) in [5, 5.41) is 28.1. The minimum absolute atomic E-state index is 0.466. The molecular weight excluding hydrogens is 323 g/mol. The van der Waals surface area contributed by atoms with Crippen molar-refractivity contribution in [2.24, 2.45) is 0 Å². The Morgan fingerprint density at radius 1 is 1.09 bits per heavy atom. The van der Waals surface area contributed by atoms with Crippen LogP contribution in [0, 0.1) is 34.0 Å². The first kappa shape index (κ1) is 17.7. The van der Waals surface area contributed by atoms with Crippen molar-refractivity contribution in [3.8, 4) is 24.0 Å². The fourth-order valence-electron chi connectivity index (χ4n) is 1.47. The highest BCUT2D eigenvalue weighted by molar-refractivity contribution is 5.64. The number of ether oxygens (including phenoxy) is 1. The van der Waals surface area contributed by atoms with Gasteiger partial charge in [-0.1, -0.05) is 0 Å². The SMILES string of the molecule is N#CC(C#N)=C(C#N)Nc1cc(OC(F)F)ccc1C(F)(F)F. The van der Waals surface area contributed by atoms with E-state index in [1.165, 1.54) is 18.2 Å². The molecule has 5 nitrogen and oxygen atoms in total. The van der Waals surface area contributed by atoms with Crippen LogP contribution in [0.15, 0.2) is 29.5 Å². The van der Waals surface area contributed by atoms with Crippen LogP contribution in [0.4, 0.5) is 27.6 Å². The second kappa shape index (κ2) is 7.10. The molecule has 0 heterocycles. The Kier molecular flexibility index (Phi) is 5.47. The number of rotatable bonds is 4. The maximum absolute atomic E-state index is 12.9. The van der Waals surface area contributed by atoms with Gasteiger partial charge in [0.15, 0.2) is 5.57 Å². The highest BCUT2D eigenvalue weighted by atomic mass is 19.4. The number of hydrogen-bond donors (Lipinski definition) is 1. The molecule has 0 saturated heterocycles. The van der Waals surface area contributed by atoms with Crippen molar-refractivity contribution in [1.29, 1.82) is 15.8 Å². The van der Waals surface area contributed by atoms with E-state index in [-0.39, 0.29) is 0 Å². The van der Waals surface area contributed by atoms with E-state index in [2.05, 4.69) is 4.74 Å². The van der Waals surface area contributed by atoms with Crippen LogP contribution >= 0.6 is 0 Å². The van der Waals surface area contributed by atoms with Crippen LogP contribution in [0.2, 0.25) is 0 Å². The highest BCUT2D eigenvalue weighted by Crippen LogP contribution is 2.37. The third kappa shape index (κ3) is 4.58. The van der Waals surface area contributed by atoms with Gasteiger partial charge < -0.3 is 10.1 Å². The van der Waals surface area contributed by atoms with Gasteiger partial charge in [0, 0.05) is 6.07 Å². The summed E-state index contributed by atoms with van der Waals surface area (Å²) >= 11 is 0. The van der Waals surface area contributed by atoms with E-state index < -0.39 is 41.1 Å². The summed E-state index contributed by atoms with van der Waals surface area (Å²) in [6.07, 6.45) is -4.87. The van der Waals surface area contributed by atoms with Gasteiger partial charge in [-0.3, -0.25) is 0 Å². The second-order valence-electron chi connectivity index (χ2n) is 3.79. The highest BCUT2D eigenvalue weighted by Gasteiger charge is 2.34. The van der Waals surface area contributed by atoms with E-state index in [9.17, 15) is 22.0 Å². The van der Waals surface area contributed by atoms with Gasteiger partial charge in [0.2, 0.25) is 0 Å². The Labute approximate surface area is 126 Å². The van der Waals surface area contributed by atoms with E-state index in [4.69, 9.17) is 15.8 Å². The van der Waals surface area contributed by atoms with Gasteiger partial charge in [0.25, 0.3) is 0 Å². The maximum atomic E-state index is 12.9. The smallest absolute Gasteiger partial charge is 0.418 e. The molecule has 1 aromatic rings. The van der Waals surface area contributed by atoms with Gasteiger partial charge in [-0.25, -0.2) is 0 Å². The van der Waals surface area contributed by atoms with Crippen LogP contribution in [0.1, 0.15) is 5.56 Å². The lowest BCUT2D eigenvalue weighted by Crippen LogP contribution is -2.12. The first-order valence-corrected chi connectivity index (χ1v) is 5.60. The fraction of sp³-hybridized carbons (Fsp3) is 0.154. The normalized spacial score (nSPS) is 10.2. The summed E-state index contributed by atoms with van der Waals surface area (Å²) in [4.78, 5) is 0. The van der Waals surface area contributed by atoms with Crippen molar-refractivity contribution in [2.45, 2.75) is 12.8 Å². The van der Waals surface area contributed by atoms with Crippen molar-refractivity contribution in [1.82, 2.24) is 0 Å². The number of hydrogen-bond acceptors (Lipinski definition) is 5. The molecule has 0 fully saturated rings. The Hall–Kier alpha value is -3.32. The molecule has 0 spiro atoms. The standard InChI is InChI=1S/C13H5F5N4O/c14-12(15)23-8-1-2-9(13(16,17)18)10(3-8)22-11(6-21)7(4-19)5-20/h1-3,12,22H. The van der Waals surface area contributed by atoms with Gasteiger partial charge >= 0.3 is 12.8 Å². The van der Waals surface area contributed by atoms with Gasteiger partial charge in [0.1, 0.15) is 29.7 Å². The Balaban J connectivity index is 3.42. The molecule has 0 amide bonds. The molecule has 0 aliphatic heterocycles. The molecule has 1 rings (SSSR count). The third-order valence-electron chi connectivity index (χ3n) is 2.37. The molecule has 0 bridgehead atoms. The molecule has 0 saturated carbocycles. The number of benzene rings is 1. The zero-order valence-electron chi connectivity index (χ0n) is 10.9. The largest absolute Gasteiger partial charge is 0.435 e. The minimum Gasteiger partial charge on any atom is -0.435 e. The number of nitriles is 3. The second-order valence-corrected chi connectivity index (χ2v) is 3.79. The van der Waals surface area contributed by atoms with E-state index in [1.807, 2.05) is 5.32 Å². The van der Waals surface area contributed by atoms with Crippen LogP contribution in [0.5, 0.6) is 5.75 Å². The number of anilines is 1. The van der Waals surface area contributed by atoms with Gasteiger partial charge in [0.05, 0.1) is 11.3 Å². The molecule has 0 atom stereocenters. The van der Waals surface area contributed by atoms with Crippen molar-refractivity contribution in [3.63, 3.8) is 0 Å². The predicted octanol–water partition coefficient (Wildman–Crippen LogP) is 3.54. The number of halogens is 5. The van der Waals surface area contributed by atoms with Gasteiger partial charge in [-0.15, -0.1) is 0 Å². The topological polar surface area (TPSA) is 92.6 Å². The third-order valence-corrected chi connectivity index (χ3v) is 2.37. The van der Waals surface area contributed by atoms with E-state index in [0.29, 0.717) is 18.2 Å². The summed E-state index contributed by atoms with van der Waals surface area (Å²) in [5.41, 5.74) is -3.62. The summed E-state index contributed by atoms with van der Waals surface area (Å²) < 4.78 is 67.0. The van der Waals surface area contributed by atoms with Crippen molar-refractivity contribution >= 4 is 5.69 Å². The fourth-order valence-corrected chi connectivity index (χ4v) is 1.47. The van der Waals surface area contributed by atoms with E-state index >= 15 is 0 Å². The van der Waals surface area contributed by atoms with Crippen LogP contribution in [-0.4, -0.2) is 6.61 Å². The molecule has 0 aliphatic rings. The molecule has 1 aromatic carbocycles. The number of nitrogens with one attached hydrogen (secondary N) is 1. The molecule has 118 valence electrons. The first-order valence-electron chi connectivity index (χ1n) is 5.60. The lowest BCUT2D eigenvalue weighted by molar-refractivity contribution is -0.137. The quantitative estimate of drug-likeness (QED) is 0.674. The maximum Gasteiger partial charge on any atom is 0.418 e. The van der Waals surface area contributed by atoms with Crippen LogP contribution < -0.4 is 10.1 Å². The molecule has 0 aromatic heterocycles. The Bertz CT molecular complexity index is 734. The average Bonchev–Trinajstić information content (AvgIpc) is 2.45. The lowest BCUT2D eigenvalue weighted by Gasteiger charge is -2.15. The summed E-state index contributed by atoms with van der Waals surface area (Å²) in [5.74, 6) is -0.594. The van der Waals surface area contributed by atoms with Crippen LogP contribution in [0.25, 0.3) is 0 Å². The summed E-state index contributed by atoms with van der Waals surface area (Å²) in [7, 11) is 0. The molecule has 0 unspecified atom stereocenters. The van der Waals surface area contributed by atoms with Crippen molar-refractivity contribution < 1.29 is 26.7 Å². The van der Waals surface area contributed by atoms with Crippen molar-refractivity contribution in [2.75, 3.05) is 5.32 Å². The number of allylic oxidation sites excluding steroid dienone is 2. The Morgan fingerprint density at radius 3 is 2.13 bits per heavy atom. The van der Waals surface area contributed by atoms with Crippen molar-refractivity contribution in [3.05, 3.63) is 35.0 Å². The monoisotopic (exact) mass is 328 g/mol. The molecule has 0 aliphatic carbocycles. The lowest BCUT2D eigenvalue weighted by atomic mass is 10.1. The summed E-state index contributed by atoms with van der Waals surface area (Å²) in [6.45, 7) is -3.26. The van der Waals surface area contributed by atoms with Gasteiger partial charge in [-0.05, 0) is 12.1 Å². The summed E-state index contributed by atoms with van der Waals surface area (Å²) in [6, 6.07) is 5.74. The number of nitrogens with zero attached hydrogens (tertiary/aromatic N) is 3. The number of alkyl halides is 5. The zero-order chi connectivity index (χ0) is 17.6. The first-order chi connectivity index (χ1) is 10.7. The zero-order valence-corrected chi connectivity index (χ0v) is 10.9. The van der Waals surface area contributed by atoms with E-state index in [1.54, 1.807) is 0 Å². The van der Waals surface area contributed by atoms with Crippen LogP contribution in [0.3, 0.4) is 0 Å². The predicted molar refractivity (Wildman–Crippen MR) is 65.6 cm³/mol. The van der Waals surface area contributed by atoms with Gasteiger partial charge in [-0.2, -0.15) is 37.7 Å². The molecule has 1 N–H and O–H groups in total. The minimum atomic E-state index is -4.87. The molecule has 10 heteroatoms. The average molecular weight is 328 g/mol. The van der Waals surface area contributed by atoms with E-state index in [0.717, 1.165) is 0 Å².